The van der Waals surface area contributed by atoms with Crippen molar-refractivity contribution in [1.29, 1.82) is 10.8 Å². The van der Waals surface area contributed by atoms with Crippen molar-refractivity contribution in [2.45, 2.75) is 64.1 Å². The van der Waals surface area contributed by atoms with Crippen molar-refractivity contribution in [3.63, 3.8) is 0 Å². The lowest BCUT2D eigenvalue weighted by Crippen LogP contribution is -2.52. The minimum atomic E-state index is -0.648. The number of rotatable bonds is 22. The minimum absolute atomic E-state index is 0.000934. The number of piperidine rings is 1. The second kappa shape index (κ2) is 24.2. The highest BCUT2D eigenvalue weighted by atomic mass is 16.5. The number of imide groups is 1. The van der Waals surface area contributed by atoms with Gasteiger partial charge in [0, 0.05) is 81.5 Å². The van der Waals surface area contributed by atoms with Gasteiger partial charge in [0.1, 0.15) is 36.3 Å². The fourth-order valence-electron chi connectivity index (χ4n) is 8.34. The smallest absolute Gasteiger partial charge is 0.255 e. The number of benzene rings is 3. The van der Waals surface area contributed by atoms with Crippen molar-refractivity contribution in [1.82, 2.24) is 35.3 Å². The number of carbonyl (C=O) groups excluding carboxylic acids is 5. The van der Waals surface area contributed by atoms with Crippen LogP contribution in [0.2, 0.25) is 0 Å². The molecule has 5 amide bonds. The van der Waals surface area contributed by atoms with Crippen molar-refractivity contribution in [3.8, 4) is 5.75 Å². The van der Waals surface area contributed by atoms with E-state index in [1.165, 1.54) is 11.2 Å². The summed E-state index contributed by atoms with van der Waals surface area (Å²) in [7, 11) is 1.63. The fourth-order valence-corrected chi connectivity index (χ4v) is 8.34. The summed E-state index contributed by atoms with van der Waals surface area (Å²) < 4.78 is 17.4. The van der Waals surface area contributed by atoms with Crippen LogP contribution in [-0.2, 0) is 30.4 Å². The summed E-state index contributed by atoms with van der Waals surface area (Å²) in [5.74, 6) is -0.246. The van der Waals surface area contributed by atoms with Gasteiger partial charge in [0.25, 0.3) is 11.8 Å². The van der Waals surface area contributed by atoms with Gasteiger partial charge in [-0.2, -0.15) is 0 Å². The van der Waals surface area contributed by atoms with Crippen LogP contribution in [0, 0.1) is 10.8 Å². The normalized spacial score (nSPS) is 16.1. The second-order valence-corrected chi connectivity index (χ2v) is 17.2. The van der Waals surface area contributed by atoms with Gasteiger partial charge in [-0.1, -0.05) is 24.6 Å². The van der Waals surface area contributed by atoms with Gasteiger partial charge >= 0.3 is 0 Å². The van der Waals surface area contributed by atoms with Gasteiger partial charge in [0.2, 0.25) is 17.7 Å². The third-order valence-corrected chi connectivity index (χ3v) is 12.4. The fraction of sp³-hybridized carbons (Fsp3) is 0.420. The molecule has 0 bridgehead atoms. The largest absolute Gasteiger partial charge is 0.494 e. The number of nitrogens with one attached hydrogen (secondary N) is 5. The van der Waals surface area contributed by atoms with Crippen LogP contribution in [-0.4, -0.2) is 145 Å². The average molecular weight is 944 g/mol. The average Bonchev–Trinajstić information content (AvgIpc) is 3.70. The zero-order valence-electron chi connectivity index (χ0n) is 39.2. The number of aromatic nitrogens is 2. The van der Waals surface area contributed by atoms with Gasteiger partial charge in [-0.05, 0) is 98.3 Å². The summed E-state index contributed by atoms with van der Waals surface area (Å²) in [5, 5.41) is 25.3. The standard InChI is InChI=1S/C50H61N11O8/c1-34(56-48(64)36-10-7-11-38(27-36)54-30-44(51)58(2)47(52)42-17-18-53-33-55-42)35-9-8-12-40(29-35)69-24-6-4-3-5-23-67-25-26-68-32-46(63)60-21-19-59(20-22-60)39-13-14-41-37(28-39)31-61(50(41)66)43-15-16-45(62)57-49(43)65/h7-14,17-18,27-29,33-34,43,51-52,54H,3-6,15-16,19-26,30-32H2,1-2H3,(H,56,64)(H,57,62,65)/t34-,43?/m1/s1. The number of ether oxygens (including phenoxy) is 3. The molecule has 2 fully saturated rings. The lowest BCUT2D eigenvalue weighted by molar-refractivity contribution is -0.138. The van der Waals surface area contributed by atoms with E-state index >= 15 is 0 Å². The minimum Gasteiger partial charge on any atom is -0.494 e. The molecule has 4 heterocycles. The predicted octanol–water partition coefficient (Wildman–Crippen LogP) is 4.40. The molecular weight excluding hydrogens is 883 g/mol. The highest BCUT2D eigenvalue weighted by Gasteiger charge is 2.39. The van der Waals surface area contributed by atoms with Crippen LogP contribution >= 0.6 is 0 Å². The third-order valence-electron chi connectivity index (χ3n) is 12.4. The molecule has 0 aliphatic carbocycles. The zero-order chi connectivity index (χ0) is 48.7. The number of fused-ring (bicyclic) bond motifs is 1. The van der Waals surface area contributed by atoms with E-state index in [1.54, 1.807) is 53.4 Å². The first-order valence-corrected chi connectivity index (χ1v) is 23.4. The molecule has 0 saturated carbocycles. The van der Waals surface area contributed by atoms with Crippen molar-refractivity contribution >= 4 is 52.6 Å². The first kappa shape index (κ1) is 49.6. The first-order chi connectivity index (χ1) is 33.4. The molecule has 364 valence electrons. The summed E-state index contributed by atoms with van der Waals surface area (Å²) in [6.45, 7) is 6.72. The molecule has 2 atom stereocenters. The molecule has 0 spiro atoms. The molecule has 1 aromatic heterocycles. The number of anilines is 2. The number of unbranched alkanes of at least 4 members (excludes halogenated alkanes) is 3. The van der Waals surface area contributed by atoms with Crippen molar-refractivity contribution in [2.24, 2.45) is 0 Å². The van der Waals surface area contributed by atoms with E-state index < -0.39 is 11.9 Å². The van der Waals surface area contributed by atoms with Gasteiger partial charge < -0.3 is 44.4 Å². The van der Waals surface area contributed by atoms with Gasteiger partial charge in [-0.25, -0.2) is 9.97 Å². The summed E-state index contributed by atoms with van der Waals surface area (Å²) >= 11 is 0. The molecule has 7 rings (SSSR count). The molecule has 69 heavy (non-hydrogen) atoms. The Labute approximate surface area is 401 Å². The number of piperazine rings is 1. The molecule has 19 nitrogen and oxygen atoms in total. The molecular formula is C50H61N11O8. The van der Waals surface area contributed by atoms with Crippen LogP contribution < -0.4 is 25.6 Å². The van der Waals surface area contributed by atoms with E-state index in [0.717, 1.165) is 48.2 Å². The molecule has 3 aliphatic heterocycles. The maximum Gasteiger partial charge on any atom is 0.255 e. The van der Waals surface area contributed by atoms with Crippen LogP contribution in [0.25, 0.3) is 0 Å². The number of amidine groups is 2. The SMILES string of the molecule is C[C@@H](NC(=O)c1cccc(NCC(=N)N(C)C(=N)c2ccncn2)c1)c1cccc(OCCCCCCOCCOCC(=O)N2CCN(c3ccc4c(c3)CN(C3CCC(=O)NC3=O)C4=O)CC2)c1. The van der Waals surface area contributed by atoms with E-state index in [1.807, 2.05) is 49.4 Å². The quantitative estimate of drug-likeness (QED) is 0.0319. The summed E-state index contributed by atoms with van der Waals surface area (Å²) in [6.07, 6.45) is 7.23. The molecule has 2 saturated heterocycles. The molecule has 3 aliphatic rings. The number of likely N-dealkylation sites (N-methyl/N-ethyl adjacent to an activating group) is 1. The predicted molar refractivity (Wildman–Crippen MR) is 258 cm³/mol. The van der Waals surface area contributed by atoms with Crippen LogP contribution in [0.4, 0.5) is 11.4 Å². The summed E-state index contributed by atoms with van der Waals surface area (Å²) in [6, 6.07) is 21.2. The maximum absolute atomic E-state index is 13.2. The van der Waals surface area contributed by atoms with E-state index in [4.69, 9.17) is 25.0 Å². The topological polar surface area (TPSA) is 236 Å². The Kier molecular flexibility index (Phi) is 17.4. The van der Waals surface area contributed by atoms with Crippen molar-refractivity contribution in [2.75, 3.05) is 83.0 Å². The lowest BCUT2D eigenvalue weighted by atomic mass is 10.0. The number of amides is 5. The molecule has 0 radical (unpaired) electrons. The Bertz CT molecular complexity index is 2480. The van der Waals surface area contributed by atoms with Crippen molar-refractivity contribution in [3.05, 3.63) is 113 Å². The summed E-state index contributed by atoms with van der Waals surface area (Å²) in [4.78, 5) is 78.1. The Morgan fingerprint density at radius 1 is 0.899 bits per heavy atom. The van der Waals surface area contributed by atoms with E-state index in [2.05, 4.69) is 30.8 Å². The molecule has 3 aromatic carbocycles. The van der Waals surface area contributed by atoms with Crippen LogP contribution in [0.3, 0.4) is 0 Å². The molecule has 4 aromatic rings. The zero-order valence-corrected chi connectivity index (χ0v) is 39.2. The number of carbonyl (C=O) groups is 5. The van der Waals surface area contributed by atoms with E-state index in [-0.39, 0.29) is 60.9 Å². The van der Waals surface area contributed by atoms with Crippen molar-refractivity contribution < 1.29 is 38.2 Å². The first-order valence-electron chi connectivity index (χ1n) is 23.4. The lowest BCUT2D eigenvalue weighted by Gasteiger charge is -2.36. The van der Waals surface area contributed by atoms with Gasteiger partial charge in [0.05, 0.1) is 32.4 Å². The molecule has 5 N–H and O–H groups in total. The second-order valence-electron chi connectivity index (χ2n) is 17.2. The van der Waals surface area contributed by atoms with Crippen LogP contribution in [0.15, 0.2) is 85.3 Å². The number of nitrogens with zero attached hydrogens (tertiary/aromatic N) is 6. The third kappa shape index (κ3) is 13.5. The maximum atomic E-state index is 13.2. The van der Waals surface area contributed by atoms with Crippen LogP contribution in [0.5, 0.6) is 5.75 Å². The van der Waals surface area contributed by atoms with Crippen LogP contribution in [0.1, 0.15) is 89.0 Å². The van der Waals surface area contributed by atoms with Gasteiger partial charge in [-0.15, -0.1) is 0 Å². The summed E-state index contributed by atoms with van der Waals surface area (Å²) in [5.41, 5.74) is 4.87. The number of hydrogen-bond donors (Lipinski definition) is 5. The monoisotopic (exact) mass is 943 g/mol. The van der Waals surface area contributed by atoms with Gasteiger partial charge in [-0.3, -0.25) is 40.1 Å². The molecule has 19 heteroatoms. The number of hydrogen-bond acceptors (Lipinski definition) is 14. The highest BCUT2D eigenvalue weighted by molar-refractivity contribution is 6.07. The Morgan fingerprint density at radius 3 is 2.46 bits per heavy atom. The Morgan fingerprint density at radius 2 is 1.68 bits per heavy atom. The van der Waals surface area contributed by atoms with E-state index in [0.29, 0.717) is 88.1 Å². The Balaban J connectivity index is 0.704. The Hall–Kier alpha value is -7.25. The molecule has 1 unspecified atom stereocenters. The highest BCUT2D eigenvalue weighted by Crippen LogP contribution is 2.31. The van der Waals surface area contributed by atoms with E-state index in [9.17, 15) is 24.0 Å². The van der Waals surface area contributed by atoms with Gasteiger partial charge in [0.15, 0.2) is 5.84 Å².